The minimum Gasteiger partial charge on any atom is -0.461 e. The number of esters is 1. The second-order valence-electron chi connectivity index (χ2n) is 6.10. The zero-order valence-corrected chi connectivity index (χ0v) is 15.9. The number of amides is 2. The summed E-state index contributed by atoms with van der Waals surface area (Å²) in [5.41, 5.74) is 2.10. The lowest BCUT2D eigenvalue weighted by molar-refractivity contribution is -0.132. The van der Waals surface area contributed by atoms with Gasteiger partial charge in [0.1, 0.15) is 0 Å². The first-order chi connectivity index (χ1) is 13.0. The second kappa shape index (κ2) is 8.26. The summed E-state index contributed by atoms with van der Waals surface area (Å²) < 4.78 is 8.63. The smallest absolute Gasteiger partial charge is 0.362 e. The van der Waals surface area contributed by atoms with Crippen LogP contribution in [-0.4, -0.2) is 45.4 Å². The Morgan fingerprint density at radius 3 is 2.85 bits per heavy atom. The topological polar surface area (TPSA) is 101 Å². The fraction of sp³-hybridized carbons (Fsp3) is 0.389. The van der Waals surface area contributed by atoms with Gasteiger partial charge in [0.15, 0.2) is 5.00 Å². The average Bonchev–Trinajstić information content (AvgIpc) is 3.10. The summed E-state index contributed by atoms with van der Waals surface area (Å²) >= 11 is 0.912. The lowest BCUT2D eigenvalue weighted by atomic mass is 9.90. The molecule has 0 fully saturated rings. The molecule has 1 aromatic carbocycles. The van der Waals surface area contributed by atoms with E-state index in [0.717, 1.165) is 29.1 Å². The van der Waals surface area contributed by atoms with E-state index in [1.807, 2.05) is 24.3 Å². The molecule has 0 saturated heterocycles. The molecule has 1 aliphatic rings. The van der Waals surface area contributed by atoms with E-state index in [4.69, 9.17) is 4.74 Å². The summed E-state index contributed by atoms with van der Waals surface area (Å²) in [6, 6.07) is 7.47. The molecule has 2 amide bonds. The highest BCUT2D eigenvalue weighted by molar-refractivity contribution is 7.10. The van der Waals surface area contributed by atoms with Crippen molar-refractivity contribution in [2.75, 3.05) is 18.5 Å². The van der Waals surface area contributed by atoms with Crippen LogP contribution in [-0.2, 0) is 20.7 Å². The van der Waals surface area contributed by atoms with Crippen molar-refractivity contribution < 1.29 is 19.1 Å². The molecule has 142 valence electrons. The number of carbonyl (C=O) groups is 3. The van der Waals surface area contributed by atoms with Crippen LogP contribution in [0, 0.1) is 0 Å². The van der Waals surface area contributed by atoms with E-state index >= 15 is 0 Å². The van der Waals surface area contributed by atoms with Crippen LogP contribution >= 0.6 is 11.5 Å². The number of nitrogens with zero attached hydrogens (tertiary/aromatic N) is 3. The van der Waals surface area contributed by atoms with Gasteiger partial charge in [-0.1, -0.05) is 28.8 Å². The Hall–Kier alpha value is -2.81. The Balaban J connectivity index is 1.78. The maximum absolute atomic E-state index is 12.6. The molecule has 9 heteroatoms. The van der Waals surface area contributed by atoms with Crippen LogP contribution in [0.1, 0.15) is 47.9 Å². The van der Waals surface area contributed by atoms with Gasteiger partial charge in [-0.05, 0) is 24.5 Å². The highest BCUT2D eigenvalue weighted by Crippen LogP contribution is 2.33. The van der Waals surface area contributed by atoms with Gasteiger partial charge in [0.2, 0.25) is 17.5 Å². The third kappa shape index (κ3) is 4.13. The summed E-state index contributed by atoms with van der Waals surface area (Å²) in [4.78, 5) is 38.3. The van der Waals surface area contributed by atoms with E-state index in [-0.39, 0.29) is 41.6 Å². The number of aromatic nitrogens is 2. The van der Waals surface area contributed by atoms with Crippen molar-refractivity contribution in [2.24, 2.45) is 0 Å². The number of benzene rings is 1. The van der Waals surface area contributed by atoms with Gasteiger partial charge < -0.3 is 15.0 Å². The summed E-state index contributed by atoms with van der Waals surface area (Å²) in [7, 11) is 0. The lowest BCUT2D eigenvalue weighted by Gasteiger charge is -2.36. The summed E-state index contributed by atoms with van der Waals surface area (Å²) in [6.07, 6.45) is 0.844. The van der Waals surface area contributed by atoms with Crippen molar-refractivity contribution in [1.82, 2.24) is 14.5 Å². The predicted molar refractivity (Wildman–Crippen MR) is 99.4 cm³/mol. The highest BCUT2D eigenvalue weighted by Gasteiger charge is 2.31. The molecular formula is C18H20N4O4S. The van der Waals surface area contributed by atoms with Gasteiger partial charge in [-0.15, -0.1) is 5.10 Å². The van der Waals surface area contributed by atoms with Crippen LogP contribution in [0.4, 0.5) is 5.00 Å². The Labute approximate surface area is 160 Å². The van der Waals surface area contributed by atoms with Crippen molar-refractivity contribution in [3.8, 4) is 0 Å². The first-order valence-electron chi connectivity index (χ1n) is 8.65. The van der Waals surface area contributed by atoms with Gasteiger partial charge >= 0.3 is 5.97 Å². The summed E-state index contributed by atoms with van der Waals surface area (Å²) in [5.74, 6) is -1.02. The quantitative estimate of drug-likeness (QED) is 0.788. The van der Waals surface area contributed by atoms with Gasteiger partial charge in [0.25, 0.3) is 0 Å². The molecule has 0 radical (unpaired) electrons. The maximum atomic E-state index is 12.6. The first kappa shape index (κ1) is 19.0. The molecule has 2 heterocycles. The van der Waals surface area contributed by atoms with Gasteiger partial charge in [0, 0.05) is 25.0 Å². The van der Waals surface area contributed by atoms with E-state index in [2.05, 4.69) is 14.9 Å². The molecule has 0 spiro atoms. The molecular weight excluding hydrogens is 368 g/mol. The Morgan fingerprint density at radius 1 is 1.33 bits per heavy atom. The third-order valence-electron chi connectivity index (χ3n) is 4.41. The van der Waals surface area contributed by atoms with E-state index < -0.39 is 5.97 Å². The van der Waals surface area contributed by atoms with Crippen LogP contribution in [0.25, 0.3) is 0 Å². The molecule has 1 aromatic heterocycles. The van der Waals surface area contributed by atoms with Crippen LogP contribution in [0.15, 0.2) is 24.3 Å². The van der Waals surface area contributed by atoms with Gasteiger partial charge in [0.05, 0.1) is 19.1 Å². The monoisotopic (exact) mass is 388 g/mol. The molecule has 8 nitrogen and oxygen atoms in total. The molecule has 1 aliphatic heterocycles. The number of rotatable bonds is 5. The predicted octanol–water partition coefficient (Wildman–Crippen LogP) is 2.19. The lowest BCUT2D eigenvalue weighted by Crippen LogP contribution is -2.40. The van der Waals surface area contributed by atoms with Crippen molar-refractivity contribution in [3.63, 3.8) is 0 Å². The van der Waals surface area contributed by atoms with Crippen LogP contribution in [0.3, 0.4) is 0 Å². The number of hydrogen-bond donors (Lipinski definition) is 1. The van der Waals surface area contributed by atoms with E-state index in [1.165, 1.54) is 6.92 Å². The Bertz CT molecular complexity index is 867. The minimum absolute atomic E-state index is 0.0114. The molecule has 1 N–H and O–H groups in total. The largest absolute Gasteiger partial charge is 0.461 e. The fourth-order valence-corrected chi connectivity index (χ4v) is 3.78. The number of carbonyl (C=O) groups excluding carboxylic acids is 3. The Morgan fingerprint density at radius 2 is 2.11 bits per heavy atom. The first-order valence-corrected chi connectivity index (χ1v) is 9.43. The molecule has 27 heavy (non-hydrogen) atoms. The second-order valence-corrected chi connectivity index (χ2v) is 6.85. The van der Waals surface area contributed by atoms with Crippen LogP contribution in [0.5, 0.6) is 0 Å². The molecule has 1 unspecified atom stereocenters. The minimum atomic E-state index is -0.630. The van der Waals surface area contributed by atoms with Gasteiger partial charge in [-0.3, -0.25) is 9.59 Å². The normalized spacial score (nSPS) is 15.8. The Kier molecular flexibility index (Phi) is 5.80. The number of fused-ring (bicyclic) bond motifs is 1. The standard InChI is InChI=1S/C18H20N4O4S/c1-3-26-18(25)16-17(27-21-20-16)19-15(24)10-14-13-7-5-4-6-12(13)8-9-22(14)11(2)23/h4-7,14H,3,8-10H2,1-2H3,(H,19,24). The SMILES string of the molecule is CCOC(=O)c1nnsc1NC(=O)CC1c2ccccc2CCN1C(C)=O. The number of ether oxygens (including phenoxy) is 1. The van der Waals surface area contributed by atoms with E-state index in [0.29, 0.717) is 6.54 Å². The van der Waals surface area contributed by atoms with E-state index in [9.17, 15) is 14.4 Å². The van der Waals surface area contributed by atoms with Crippen molar-refractivity contribution >= 4 is 34.3 Å². The molecule has 0 bridgehead atoms. The zero-order chi connectivity index (χ0) is 19.4. The van der Waals surface area contributed by atoms with Crippen LogP contribution < -0.4 is 5.32 Å². The summed E-state index contributed by atoms with van der Waals surface area (Å²) in [6.45, 7) is 3.97. The zero-order valence-electron chi connectivity index (χ0n) is 15.1. The maximum Gasteiger partial charge on any atom is 0.362 e. The van der Waals surface area contributed by atoms with Crippen molar-refractivity contribution in [3.05, 3.63) is 41.1 Å². The van der Waals surface area contributed by atoms with Crippen LogP contribution in [0.2, 0.25) is 0 Å². The number of anilines is 1. The molecule has 0 aliphatic carbocycles. The summed E-state index contributed by atoms with van der Waals surface area (Å²) in [5, 5.41) is 6.66. The molecule has 3 rings (SSSR count). The molecule has 1 atom stereocenters. The van der Waals surface area contributed by atoms with Gasteiger partial charge in [-0.25, -0.2) is 4.79 Å². The third-order valence-corrected chi connectivity index (χ3v) is 5.05. The molecule has 2 aromatic rings. The van der Waals surface area contributed by atoms with E-state index in [1.54, 1.807) is 11.8 Å². The van der Waals surface area contributed by atoms with Crippen molar-refractivity contribution in [1.29, 1.82) is 0 Å². The van der Waals surface area contributed by atoms with Crippen molar-refractivity contribution in [2.45, 2.75) is 32.7 Å². The van der Waals surface area contributed by atoms with Gasteiger partial charge in [-0.2, -0.15) is 0 Å². The fourth-order valence-electron chi connectivity index (χ4n) is 3.21. The number of nitrogens with one attached hydrogen (secondary N) is 1. The average molecular weight is 388 g/mol. The molecule has 0 saturated carbocycles. The highest BCUT2D eigenvalue weighted by atomic mass is 32.1. The number of hydrogen-bond acceptors (Lipinski definition) is 7.